The van der Waals surface area contributed by atoms with Crippen molar-refractivity contribution in [3.05, 3.63) is 58.7 Å². The standard InChI is InChI=1S/C24H30N2O4/c27-23-15-19(3-5-21(23)17-25-7-11-29-12-8-25)1-2-20-4-6-22(24(28)16-20)18-26-9-13-30-14-10-26/h1-6,15-16,27-28H,7-14,17-18H2/b2-1+. The van der Waals surface area contributed by atoms with Crippen molar-refractivity contribution in [2.45, 2.75) is 13.1 Å². The molecule has 2 N–H and O–H groups in total. The Morgan fingerprint density at radius 1 is 0.667 bits per heavy atom. The molecule has 0 saturated carbocycles. The number of rotatable bonds is 6. The topological polar surface area (TPSA) is 65.4 Å². The minimum atomic E-state index is 0.312. The van der Waals surface area contributed by atoms with E-state index in [9.17, 15) is 10.2 Å². The maximum absolute atomic E-state index is 10.4. The minimum absolute atomic E-state index is 0.312. The first-order chi connectivity index (χ1) is 14.7. The number of phenols is 2. The van der Waals surface area contributed by atoms with Crippen molar-refractivity contribution in [2.24, 2.45) is 0 Å². The molecule has 2 saturated heterocycles. The van der Waals surface area contributed by atoms with Crippen LogP contribution in [0.5, 0.6) is 11.5 Å². The molecule has 0 radical (unpaired) electrons. The van der Waals surface area contributed by atoms with Gasteiger partial charge < -0.3 is 19.7 Å². The highest BCUT2D eigenvalue weighted by Crippen LogP contribution is 2.24. The van der Waals surface area contributed by atoms with Crippen molar-refractivity contribution >= 4 is 12.2 Å². The maximum atomic E-state index is 10.4. The molecule has 2 aromatic rings. The average molecular weight is 411 g/mol. The van der Waals surface area contributed by atoms with Crippen molar-refractivity contribution in [3.8, 4) is 11.5 Å². The fourth-order valence-corrected chi connectivity index (χ4v) is 3.83. The third-order valence-corrected chi connectivity index (χ3v) is 5.68. The van der Waals surface area contributed by atoms with E-state index in [2.05, 4.69) is 9.80 Å². The van der Waals surface area contributed by atoms with Crippen LogP contribution < -0.4 is 0 Å². The van der Waals surface area contributed by atoms with Gasteiger partial charge >= 0.3 is 0 Å². The smallest absolute Gasteiger partial charge is 0.120 e. The van der Waals surface area contributed by atoms with Crippen molar-refractivity contribution in [1.82, 2.24) is 9.80 Å². The lowest BCUT2D eigenvalue weighted by Crippen LogP contribution is -2.35. The molecule has 2 heterocycles. The third-order valence-electron chi connectivity index (χ3n) is 5.68. The molecule has 30 heavy (non-hydrogen) atoms. The van der Waals surface area contributed by atoms with Gasteiger partial charge in [0, 0.05) is 50.4 Å². The number of phenolic OH excluding ortho intramolecular Hbond substituents is 2. The number of benzene rings is 2. The van der Waals surface area contributed by atoms with E-state index in [0.717, 1.165) is 87.9 Å². The summed E-state index contributed by atoms with van der Waals surface area (Å²) in [6.07, 6.45) is 3.91. The zero-order valence-corrected chi connectivity index (χ0v) is 17.3. The first kappa shape index (κ1) is 20.9. The molecular formula is C24H30N2O4. The van der Waals surface area contributed by atoms with Crippen LogP contribution in [0.25, 0.3) is 12.2 Å². The predicted molar refractivity (Wildman–Crippen MR) is 117 cm³/mol. The Labute approximate surface area is 178 Å². The van der Waals surface area contributed by atoms with Gasteiger partial charge in [-0.25, -0.2) is 0 Å². The van der Waals surface area contributed by atoms with E-state index >= 15 is 0 Å². The highest BCUT2D eigenvalue weighted by Gasteiger charge is 2.14. The molecule has 6 nitrogen and oxygen atoms in total. The lowest BCUT2D eigenvalue weighted by Gasteiger charge is -2.26. The molecule has 0 atom stereocenters. The van der Waals surface area contributed by atoms with Gasteiger partial charge in [0.15, 0.2) is 0 Å². The van der Waals surface area contributed by atoms with E-state index in [0.29, 0.717) is 11.5 Å². The molecule has 0 bridgehead atoms. The number of ether oxygens (including phenoxy) is 2. The lowest BCUT2D eigenvalue weighted by molar-refractivity contribution is 0.0338. The van der Waals surface area contributed by atoms with Crippen molar-refractivity contribution in [1.29, 1.82) is 0 Å². The summed E-state index contributed by atoms with van der Waals surface area (Å²) in [4.78, 5) is 4.57. The fraction of sp³-hybridized carbons (Fsp3) is 0.417. The van der Waals surface area contributed by atoms with Gasteiger partial charge in [0.2, 0.25) is 0 Å². The molecule has 4 rings (SSSR count). The molecule has 2 aromatic carbocycles. The van der Waals surface area contributed by atoms with E-state index in [1.165, 1.54) is 0 Å². The van der Waals surface area contributed by atoms with Gasteiger partial charge in [0.05, 0.1) is 26.4 Å². The van der Waals surface area contributed by atoms with Crippen LogP contribution in [0.1, 0.15) is 22.3 Å². The van der Waals surface area contributed by atoms with E-state index in [1.54, 1.807) is 12.1 Å². The highest BCUT2D eigenvalue weighted by atomic mass is 16.5. The van der Waals surface area contributed by atoms with Crippen LogP contribution in [-0.4, -0.2) is 72.6 Å². The quantitative estimate of drug-likeness (QED) is 0.714. The van der Waals surface area contributed by atoms with Gasteiger partial charge in [0.25, 0.3) is 0 Å². The van der Waals surface area contributed by atoms with Crippen LogP contribution in [0.3, 0.4) is 0 Å². The van der Waals surface area contributed by atoms with Gasteiger partial charge in [-0.3, -0.25) is 9.80 Å². The average Bonchev–Trinajstić information content (AvgIpc) is 2.77. The van der Waals surface area contributed by atoms with E-state index < -0.39 is 0 Å². The van der Waals surface area contributed by atoms with Crippen molar-refractivity contribution < 1.29 is 19.7 Å². The second-order valence-electron chi connectivity index (χ2n) is 7.89. The normalized spacial score (nSPS) is 18.8. The lowest BCUT2D eigenvalue weighted by atomic mass is 10.1. The van der Waals surface area contributed by atoms with Gasteiger partial charge in [-0.15, -0.1) is 0 Å². The fourth-order valence-electron chi connectivity index (χ4n) is 3.83. The number of hydrogen-bond donors (Lipinski definition) is 2. The summed E-state index contributed by atoms with van der Waals surface area (Å²) in [5.41, 5.74) is 3.71. The van der Waals surface area contributed by atoms with Crippen LogP contribution >= 0.6 is 0 Å². The first-order valence-corrected chi connectivity index (χ1v) is 10.6. The molecule has 0 aliphatic carbocycles. The summed E-state index contributed by atoms with van der Waals surface area (Å²) in [5, 5.41) is 20.8. The van der Waals surface area contributed by atoms with Gasteiger partial charge in [0.1, 0.15) is 11.5 Å². The maximum Gasteiger partial charge on any atom is 0.120 e. The van der Waals surface area contributed by atoms with Gasteiger partial charge in [-0.1, -0.05) is 36.4 Å². The minimum Gasteiger partial charge on any atom is -0.508 e. The number of morpholine rings is 2. The van der Waals surface area contributed by atoms with E-state index in [4.69, 9.17) is 9.47 Å². The molecular weight excluding hydrogens is 380 g/mol. The highest BCUT2D eigenvalue weighted by molar-refractivity contribution is 5.71. The zero-order valence-electron chi connectivity index (χ0n) is 17.3. The third kappa shape index (κ3) is 5.61. The molecule has 0 unspecified atom stereocenters. The second-order valence-corrected chi connectivity index (χ2v) is 7.89. The van der Waals surface area contributed by atoms with Crippen LogP contribution in [0, 0.1) is 0 Å². The summed E-state index contributed by atoms with van der Waals surface area (Å²) in [6, 6.07) is 11.6. The molecule has 6 heteroatoms. The summed E-state index contributed by atoms with van der Waals surface area (Å²) >= 11 is 0. The molecule has 2 aliphatic heterocycles. The predicted octanol–water partition coefficient (Wildman–Crippen LogP) is 2.93. The molecule has 0 aromatic heterocycles. The van der Waals surface area contributed by atoms with Gasteiger partial charge in [-0.05, 0) is 23.3 Å². The molecule has 2 fully saturated rings. The summed E-state index contributed by atoms with van der Waals surface area (Å²) in [5.74, 6) is 0.625. The zero-order chi connectivity index (χ0) is 20.8. The number of nitrogens with zero attached hydrogens (tertiary/aromatic N) is 2. The summed E-state index contributed by atoms with van der Waals surface area (Å²) in [6.45, 7) is 8.05. The molecule has 0 spiro atoms. The first-order valence-electron chi connectivity index (χ1n) is 10.6. The van der Waals surface area contributed by atoms with Crippen LogP contribution in [0.2, 0.25) is 0 Å². The van der Waals surface area contributed by atoms with Crippen LogP contribution in [-0.2, 0) is 22.6 Å². The molecule has 2 aliphatic rings. The Morgan fingerprint density at radius 2 is 1.07 bits per heavy atom. The van der Waals surface area contributed by atoms with Crippen molar-refractivity contribution in [3.63, 3.8) is 0 Å². The Balaban J connectivity index is 1.38. The van der Waals surface area contributed by atoms with Crippen LogP contribution in [0.4, 0.5) is 0 Å². The van der Waals surface area contributed by atoms with Crippen molar-refractivity contribution in [2.75, 3.05) is 52.6 Å². The number of hydrogen-bond acceptors (Lipinski definition) is 6. The Hall–Kier alpha value is -2.38. The Morgan fingerprint density at radius 3 is 1.43 bits per heavy atom. The largest absolute Gasteiger partial charge is 0.508 e. The van der Waals surface area contributed by atoms with E-state index in [1.807, 2.05) is 36.4 Å². The second kappa shape index (κ2) is 10.1. The Bertz CT molecular complexity index is 800. The monoisotopic (exact) mass is 410 g/mol. The number of aromatic hydroxyl groups is 2. The Kier molecular flexibility index (Phi) is 7.02. The SMILES string of the molecule is Oc1cc(/C=C/c2ccc(CN3CCOCC3)c(O)c2)ccc1CN1CCOCC1. The summed E-state index contributed by atoms with van der Waals surface area (Å²) < 4.78 is 10.8. The molecule has 160 valence electrons. The summed E-state index contributed by atoms with van der Waals surface area (Å²) in [7, 11) is 0. The van der Waals surface area contributed by atoms with Gasteiger partial charge in [-0.2, -0.15) is 0 Å². The van der Waals surface area contributed by atoms with Crippen LogP contribution in [0.15, 0.2) is 36.4 Å². The van der Waals surface area contributed by atoms with E-state index in [-0.39, 0.29) is 0 Å². The molecule has 0 amide bonds.